The Bertz CT molecular complexity index is 487. The monoisotopic (exact) mass is 216 g/mol. The average molecular weight is 216 g/mol. The molecule has 1 heterocycles. The minimum atomic E-state index is 0.754. The van der Waals surface area contributed by atoms with Crippen LogP contribution in [-0.2, 0) is 0 Å². The lowest BCUT2D eigenvalue weighted by molar-refractivity contribution is 0.415. The number of methoxy groups -OCH3 is 1. The summed E-state index contributed by atoms with van der Waals surface area (Å²) in [5.74, 6) is 1.59. The SMILES string of the molecule is COc1ccc(C=Nn2cnnc2C)cc1. The molecule has 82 valence electrons. The molecule has 0 atom stereocenters. The molecule has 0 unspecified atom stereocenters. The maximum atomic E-state index is 5.07. The van der Waals surface area contributed by atoms with Crippen LogP contribution in [0.1, 0.15) is 11.4 Å². The van der Waals surface area contributed by atoms with Crippen LogP contribution in [0.25, 0.3) is 0 Å². The minimum absolute atomic E-state index is 0.754. The van der Waals surface area contributed by atoms with Crippen LogP contribution in [0.15, 0.2) is 35.7 Å². The highest BCUT2D eigenvalue weighted by Crippen LogP contribution is 2.09. The van der Waals surface area contributed by atoms with Gasteiger partial charge in [0.2, 0.25) is 0 Å². The van der Waals surface area contributed by atoms with Crippen LogP contribution in [0.4, 0.5) is 0 Å². The molecule has 0 radical (unpaired) electrons. The van der Waals surface area contributed by atoms with Crippen molar-refractivity contribution in [3.63, 3.8) is 0 Å². The number of aromatic nitrogens is 3. The summed E-state index contributed by atoms with van der Waals surface area (Å²) in [6.07, 6.45) is 3.31. The Morgan fingerprint density at radius 2 is 2.06 bits per heavy atom. The van der Waals surface area contributed by atoms with E-state index in [0.29, 0.717) is 0 Å². The van der Waals surface area contributed by atoms with Crippen LogP contribution in [0, 0.1) is 6.92 Å². The second-order valence-electron chi connectivity index (χ2n) is 3.24. The summed E-state index contributed by atoms with van der Waals surface area (Å²) in [5, 5.41) is 11.8. The Morgan fingerprint density at radius 3 is 2.62 bits per heavy atom. The lowest BCUT2D eigenvalue weighted by Gasteiger charge is -1.99. The highest BCUT2D eigenvalue weighted by Gasteiger charge is 1.94. The molecule has 16 heavy (non-hydrogen) atoms. The quantitative estimate of drug-likeness (QED) is 0.730. The van der Waals surface area contributed by atoms with Crippen LogP contribution in [0.3, 0.4) is 0 Å². The second-order valence-corrected chi connectivity index (χ2v) is 3.24. The molecule has 0 aliphatic rings. The van der Waals surface area contributed by atoms with E-state index in [-0.39, 0.29) is 0 Å². The molecule has 0 bridgehead atoms. The molecule has 5 heteroatoms. The third-order valence-corrected chi connectivity index (χ3v) is 2.14. The molecule has 2 aromatic rings. The van der Waals surface area contributed by atoms with Crippen LogP contribution in [0.2, 0.25) is 0 Å². The van der Waals surface area contributed by atoms with Gasteiger partial charge in [-0.15, -0.1) is 10.2 Å². The van der Waals surface area contributed by atoms with E-state index in [9.17, 15) is 0 Å². The van der Waals surface area contributed by atoms with Gasteiger partial charge in [-0.05, 0) is 36.8 Å². The number of nitrogens with zero attached hydrogens (tertiary/aromatic N) is 4. The number of hydrogen-bond donors (Lipinski definition) is 0. The first kappa shape index (κ1) is 10.4. The van der Waals surface area contributed by atoms with E-state index < -0.39 is 0 Å². The average Bonchev–Trinajstić information content (AvgIpc) is 2.73. The molecule has 5 nitrogen and oxygen atoms in total. The molecule has 0 fully saturated rings. The number of aryl methyl sites for hydroxylation is 1. The summed E-state index contributed by atoms with van der Waals surface area (Å²) >= 11 is 0. The molecular weight excluding hydrogens is 204 g/mol. The fraction of sp³-hybridized carbons (Fsp3) is 0.182. The number of ether oxygens (including phenoxy) is 1. The maximum Gasteiger partial charge on any atom is 0.151 e. The first-order valence-corrected chi connectivity index (χ1v) is 4.84. The molecular formula is C11H12N4O. The van der Waals surface area contributed by atoms with Crippen molar-refractivity contribution in [2.75, 3.05) is 7.11 Å². The van der Waals surface area contributed by atoms with Crippen LogP contribution in [0.5, 0.6) is 5.75 Å². The normalized spacial score (nSPS) is 10.9. The van der Waals surface area contributed by atoms with Gasteiger partial charge in [-0.2, -0.15) is 5.10 Å². The zero-order valence-corrected chi connectivity index (χ0v) is 9.16. The molecule has 0 aliphatic carbocycles. The fourth-order valence-corrected chi connectivity index (χ4v) is 1.22. The van der Waals surface area contributed by atoms with Gasteiger partial charge in [0.05, 0.1) is 13.3 Å². The Hall–Kier alpha value is -2.17. The number of benzene rings is 1. The summed E-state index contributed by atoms with van der Waals surface area (Å²) in [7, 11) is 1.64. The van der Waals surface area contributed by atoms with Gasteiger partial charge in [-0.3, -0.25) is 0 Å². The summed E-state index contributed by atoms with van der Waals surface area (Å²) in [6, 6.07) is 7.64. The van der Waals surface area contributed by atoms with Crippen molar-refractivity contribution < 1.29 is 4.74 Å². The van der Waals surface area contributed by atoms with Crippen molar-refractivity contribution in [2.24, 2.45) is 5.10 Å². The van der Waals surface area contributed by atoms with Crippen molar-refractivity contribution in [2.45, 2.75) is 6.92 Å². The van der Waals surface area contributed by atoms with Crippen molar-refractivity contribution in [3.8, 4) is 5.75 Å². The number of hydrogen-bond acceptors (Lipinski definition) is 4. The first-order chi connectivity index (χ1) is 7.79. The maximum absolute atomic E-state index is 5.07. The lowest BCUT2D eigenvalue weighted by Crippen LogP contribution is -1.92. The van der Waals surface area contributed by atoms with E-state index >= 15 is 0 Å². The third kappa shape index (κ3) is 2.25. The Morgan fingerprint density at radius 1 is 1.31 bits per heavy atom. The number of rotatable bonds is 3. The van der Waals surface area contributed by atoms with Crippen molar-refractivity contribution in [1.82, 2.24) is 14.9 Å². The highest BCUT2D eigenvalue weighted by atomic mass is 16.5. The summed E-state index contributed by atoms with van der Waals surface area (Å²) < 4.78 is 6.68. The summed E-state index contributed by atoms with van der Waals surface area (Å²) in [6.45, 7) is 1.85. The Kier molecular flexibility index (Phi) is 2.95. The Balaban J connectivity index is 2.14. The molecule has 1 aromatic carbocycles. The molecule has 0 aliphatic heterocycles. The molecule has 0 saturated carbocycles. The van der Waals surface area contributed by atoms with Gasteiger partial charge in [-0.1, -0.05) is 0 Å². The highest BCUT2D eigenvalue weighted by molar-refractivity contribution is 5.79. The zero-order valence-electron chi connectivity index (χ0n) is 9.16. The molecule has 0 N–H and O–H groups in total. The van der Waals surface area contributed by atoms with Crippen molar-refractivity contribution in [1.29, 1.82) is 0 Å². The van der Waals surface area contributed by atoms with E-state index in [1.807, 2.05) is 31.2 Å². The molecule has 2 rings (SSSR count). The minimum Gasteiger partial charge on any atom is -0.497 e. The van der Waals surface area contributed by atoms with Gasteiger partial charge in [0.1, 0.15) is 12.1 Å². The fourth-order valence-electron chi connectivity index (χ4n) is 1.22. The van der Waals surface area contributed by atoms with E-state index in [1.54, 1.807) is 24.3 Å². The molecule has 0 amide bonds. The predicted octanol–water partition coefficient (Wildman–Crippen LogP) is 1.48. The van der Waals surface area contributed by atoms with Crippen molar-refractivity contribution in [3.05, 3.63) is 42.0 Å². The van der Waals surface area contributed by atoms with Crippen LogP contribution < -0.4 is 4.74 Å². The largest absolute Gasteiger partial charge is 0.497 e. The van der Waals surface area contributed by atoms with Gasteiger partial charge in [0.15, 0.2) is 5.82 Å². The van der Waals surface area contributed by atoms with Crippen LogP contribution >= 0.6 is 0 Å². The van der Waals surface area contributed by atoms with Crippen molar-refractivity contribution >= 4 is 6.21 Å². The van der Waals surface area contributed by atoms with E-state index in [4.69, 9.17) is 4.74 Å². The van der Waals surface area contributed by atoms with E-state index in [2.05, 4.69) is 15.3 Å². The lowest BCUT2D eigenvalue weighted by atomic mass is 10.2. The first-order valence-electron chi connectivity index (χ1n) is 4.84. The van der Waals surface area contributed by atoms with Gasteiger partial charge in [0, 0.05) is 0 Å². The van der Waals surface area contributed by atoms with E-state index in [1.165, 1.54) is 0 Å². The second kappa shape index (κ2) is 4.57. The Labute approximate surface area is 93.4 Å². The third-order valence-electron chi connectivity index (χ3n) is 2.14. The zero-order chi connectivity index (χ0) is 11.4. The van der Waals surface area contributed by atoms with Gasteiger partial charge in [-0.25, -0.2) is 4.68 Å². The standard InChI is InChI=1S/C11H12N4O/c1-9-14-12-8-15(9)13-7-10-3-5-11(16-2)6-4-10/h3-8H,1-2H3. The smallest absolute Gasteiger partial charge is 0.151 e. The predicted molar refractivity (Wildman–Crippen MR) is 60.7 cm³/mol. The molecule has 0 spiro atoms. The molecule has 0 saturated heterocycles. The topological polar surface area (TPSA) is 52.3 Å². The van der Waals surface area contributed by atoms with E-state index in [0.717, 1.165) is 17.1 Å². The molecule has 1 aromatic heterocycles. The summed E-state index contributed by atoms with van der Waals surface area (Å²) in [5.41, 5.74) is 0.994. The van der Waals surface area contributed by atoms with Gasteiger partial charge >= 0.3 is 0 Å². The summed E-state index contributed by atoms with van der Waals surface area (Å²) in [4.78, 5) is 0. The van der Waals surface area contributed by atoms with Gasteiger partial charge in [0.25, 0.3) is 0 Å². The van der Waals surface area contributed by atoms with Gasteiger partial charge < -0.3 is 4.74 Å². The van der Waals surface area contributed by atoms with Crippen LogP contribution in [-0.4, -0.2) is 28.2 Å².